The maximum Gasteiger partial charge on any atom is 0.271 e. The van der Waals surface area contributed by atoms with Crippen LogP contribution >= 0.6 is 0 Å². The molecule has 0 spiro atoms. The maximum atomic E-state index is 13.5. The fourth-order valence-electron chi connectivity index (χ4n) is 2.56. The summed E-state index contributed by atoms with van der Waals surface area (Å²) < 4.78 is 37.8. The van der Waals surface area contributed by atoms with Crippen molar-refractivity contribution in [1.29, 1.82) is 0 Å². The molecule has 9 heteroatoms. The second-order valence-corrected chi connectivity index (χ2v) is 7.71. The van der Waals surface area contributed by atoms with Crippen molar-refractivity contribution in [2.75, 3.05) is 11.2 Å². The van der Waals surface area contributed by atoms with Gasteiger partial charge in [-0.05, 0) is 30.7 Å². The van der Waals surface area contributed by atoms with Crippen LogP contribution < -0.4 is 5.43 Å². The van der Waals surface area contributed by atoms with E-state index in [1.54, 1.807) is 13.0 Å². The molecule has 0 amide bonds. The highest BCUT2D eigenvalue weighted by Gasteiger charge is 2.28. The Kier molecular flexibility index (Phi) is 4.25. The predicted octanol–water partition coefficient (Wildman–Crippen LogP) is 3.04. The number of rotatable bonds is 3. The molecule has 1 N–H and O–H groups in total. The zero-order chi connectivity index (χ0) is 18.2. The zero-order valence-corrected chi connectivity index (χ0v) is 14.0. The molecule has 1 aliphatic heterocycles. The van der Waals surface area contributed by atoms with Gasteiger partial charge in [0.25, 0.3) is 5.69 Å². The third kappa shape index (κ3) is 3.36. The molecule has 0 bridgehead atoms. The second-order valence-electron chi connectivity index (χ2n) is 5.64. The molecule has 2 aromatic rings. The van der Waals surface area contributed by atoms with Gasteiger partial charge in [-0.2, -0.15) is 5.10 Å². The fourth-order valence-corrected chi connectivity index (χ4v) is 4.03. The van der Waals surface area contributed by atoms with Crippen molar-refractivity contribution in [2.45, 2.75) is 18.2 Å². The van der Waals surface area contributed by atoms with Crippen LogP contribution in [0.5, 0.6) is 0 Å². The van der Waals surface area contributed by atoms with Gasteiger partial charge in [-0.3, -0.25) is 15.5 Å². The van der Waals surface area contributed by atoms with Crippen LogP contribution in [0.4, 0.5) is 15.8 Å². The average Bonchev–Trinajstić information content (AvgIpc) is 2.55. The van der Waals surface area contributed by atoms with Gasteiger partial charge in [0.2, 0.25) is 0 Å². The number of nitro benzene ring substituents is 1. The summed E-state index contributed by atoms with van der Waals surface area (Å²) in [5.74, 6) is -0.685. The summed E-state index contributed by atoms with van der Waals surface area (Å²) in [4.78, 5) is 10.4. The van der Waals surface area contributed by atoms with Crippen LogP contribution in [0, 0.1) is 22.9 Å². The number of hydrogen-bond donors (Lipinski definition) is 1. The van der Waals surface area contributed by atoms with Crippen LogP contribution in [0.3, 0.4) is 0 Å². The molecule has 3 rings (SSSR count). The number of hydrazone groups is 1. The molecule has 0 saturated heterocycles. The lowest BCUT2D eigenvalue weighted by Crippen LogP contribution is -2.23. The van der Waals surface area contributed by atoms with Crippen LogP contribution in [0.1, 0.15) is 17.5 Å². The number of aryl methyl sites for hydroxylation is 1. The average molecular weight is 363 g/mol. The quantitative estimate of drug-likeness (QED) is 0.513. The van der Waals surface area contributed by atoms with Crippen molar-refractivity contribution in [3.63, 3.8) is 0 Å². The summed E-state index contributed by atoms with van der Waals surface area (Å²) >= 11 is 0. The molecule has 0 atom stereocenters. The monoisotopic (exact) mass is 363 g/mol. The van der Waals surface area contributed by atoms with Crippen LogP contribution in [0.15, 0.2) is 46.4 Å². The topological polar surface area (TPSA) is 102 Å². The number of halogens is 1. The number of fused-ring (bicyclic) bond motifs is 1. The normalized spacial score (nSPS) is 17.1. The van der Waals surface area contributed by atoms with Crippen molar-refractivity contribution >= 4 is 26.9 Å². The SMILES string of the molecule is Cc1ccc([N+](=O)[O-])cc1NN=C1CCS(=O)(=O)c2ccc(F)cc21. The molecule has 7 nitrogen and oxygen atoms in total. The third-order valence-electron chi connectivity index (χ3n) is 3.94. The van der Waals surface area contributed by atoms with Crippen LogP contribution in [-0.2, 0) is 9.84 Å². The highest BCUT2D eigenvalue weighted by molar-refractivity contribution is 7.91. The summed E-state index contributed by atoms with van der Waals surface area (Å²) in [6.07, 6.45) is 0.125. The first-order chi connectivity index (χ1) is 11.8. The van der Waals surface area contributed by atoms with Gasteiger partial charge in [-0.1, -0.05) is 6.07 Å². The minimum Gasteiger partial charge on any atom is -0.278 e. The van der Waals surface area contributed by atoms with E-state index in [1.807, 2.05) is 0 Å². The third-order valence-corrected chi connectivity index (χ3v) is 5.71. The second kappa shape index (κ2) is 6.25. The van der Waals surface area contributed by atoms with Crippen LogP contribution in [0.25, 0.3) is 0 Å². The number of sulfone groups is 1. The summed E-state index contributed by atoms with van der Waals surface area (Å²) in [6, 6.07) is 7.76. The molecule has 25 heavy (non-hydrogen) atoms. The number of nitro groups is 1. The molecule has 0 aromatic heterocycles. The Bertz CT molecular complexity index is 1000. The molecule has 0 unspecified atom stereocenters. The number of nitrogens with one attached hydrogen (secondary N) is 1. The highest BCUT2D eigenvalue weighted by atomic mass is 32.2. The smallest absolute Gasteiger partial charge is 0.271 e. The summed E-state index contributed by atoms with van der Waals surface area (Å²) in [5.41, 5.74) is 4.39. The van der Waals surface area contributed by atoms with Crippen LogP contribution in [0.2, 0.25) is 0 Å². The summed E-state index contributed by atoms with van der Waals surface area (Å²) in [5, 5.41) is 15.1. The van der Waals surface area contributed by atoms with Crippen molar-refractivity contribution in [2.24, 2.45) is 5.10 Å². The molecule has 2 aromatic carbocycles. The Balaban J connectivity index is 2.00. The van der Waals surface area contributed by atoms with Gasteiger partial charge in [-0.15, -0.1) is 0 Å². The van der Waals surface area contributed by atoms with Crippen molar-refractivity contribution < 1.29 is 17.7 Å². The highest BCUT2D eigenvalue weighted by Crippen LogP contribution is 2.27. The van der Waals surface area contributed by atoms with Gasteiger partial charge >= 0.3 is 0 Å². The van der Waals surface area contributed by atoms with E-state index in [2.05, 4.69) is 10.5 Å². The maximum absolute atomic E-state index is 13.5. The molecule has 0 aliphatic carbocycles. The Morgan fingerprint density at radius 3 is 2.72 bits per heavy atom. The molecule has 1 heterocycles. The standard InChI is InChI=1S/C16H14FN3O4S/c1-10-2-4-12(20(21)22)9-15(10)19-18-14-6-7-25(23,24)16-5-3-11(17)8-13(14)16/h2-5,8-9,19H,6-7H2,1H3. The van der Waals surface area contributed by atoms with E-state index in [0.29, 0.717) is 11.4 Å². The van der Waals surface area contributed by atoms with E-state index in [0.717, 1.165) is 17.7 Å². The van der Waals surface area contributed by atoms with Gasteiger partial charge < -0.3 is 0 Å². The van der Waals surface area contributed by atoms with E-state index in [-0.39, 0.29) is 28.3 Å². The Hall–Kier alpha value is -2.81. The molecule has 0 fully saturated rings. The molecule has 0 saturated carbocycles. The zero-order valence-electron chi connectivity index (χ0n) is 13.2. The molecule has 130 valence electrons. The largest absolute Gasteiger partial charge is 0.278 e. The predicted molar refractivity (Wildman–Crippen MR) is 91.1 cm³/mol. The summed E-state index contributed by atoms with van der Waals surface area (Å²) in [7, 11) is -3.47. The molecule has 0 radical (unpaired) electrons. The van der Waals surface area contributed by atoms with Crippen molar-refractivity contribution in [1.82, 2.24) is 0 Å². The minimum atomic E-state index is -3.47. The Labute approximate surface area is 143 Å². The number of nitrogens with zero attached hydrogens (tertiary/aromatic N) is 2. The minimum absolute atomic E-state index is 0.0384. The van der Waals surface area contributed by atoms with E-state index < -0.39 is 20.6 Å². The lowest BCUT2D eigenvalue weighted by molar-refractivity contribution is -0.384. The van der Waals surface area contributed by atoms with E-state index in [4.69, 9.17) is 0 Å². The Morgan fingerprint density at radius 1 is 1.24 bits per heavy atom. The number of anilines is 1. The molecular formula is C16H14FN3O4S. The van der Waals surface area contributed by atoms with Crippen LogP contribution in [-0.4, -0.2) is 24.8 Å². The number of non-ortho nitro benzene ring substituents is 1. The number of hydrogen-bond acceptors (Lipinski definition) is 6. The first kappa shape index (κ1) is 17.0. The fraction of sp³-hybridized carbons (Fsp3) is 0.188. The van der Waals surface area contributed by atoms with Crippen molar-refractivity contribution in [3.05, 3.63) is 63.5 Å². The first-order valence-electron chi connectivity index (χ1n) is 7.38. The Morgan fingerprint density at radius 2 is 2.00 bits per heavy atom. The van der Waals surface area contributed by atoms with E-state index in [9.17, 15) is 22.9 Å². The summed E-state index contributed by atoms with van der Waals surface area (Å²) in [6.45, 7) is 1.76. The van der Waals surface area contributed by atoms with E-state index >= 15 is 0 Å². The van der Waals surface area contributed by atoms with Gasteiger partial charge in [-0.25, -0.2) is 12.8 Å². The van der Waals surface area contributed by atoms with Gasteiger partial charge in [0.15, 0.2) is 9.84 Å². The lowest BCUT2D eigenvalue weighted by atomic mass is 10.1. The van der Waals surface area contributed by atoms with Gasteiger partial charge in [0.1, 0.15) is 5.82 Å². The van der Waals surface area contributed by atoms with Crippen molar-refractivity contribution in [3.8, 4) is 0 Å². The first-order valence-corrected chi connectivity index (χ1v) is 9.03. The van der Waals surface area contributed by atoms with Gasteiger partial charge in [0.05, 0.1) is 27.0 Å². The van der Waals surface area contributed by atoms with E-state index in [1.165, 1.54) is 18.2 Å². The number of benzene rings is 2. The lowest BCUT2D eigenvalue weighted by Gasteiger charge is -2.18. The van der Waals surface area contributed by atoms with Gasteiger partial charge in [0, 0.05) is 24.1 Å². The molecule has 1 aliphatic rings. The molecular weight excluding hydrogens is 349 g/mol.